The number of carbonyl (C=O) groups is 1. The highest BCUT2D eigenvalue weighted by Crippen LogP contribution is 2.27. The van der Waals surface area contributed by atoms with Crippen molar-refractivity contribution >= 4 is 43.2 Å². The molecule has 30 heavy (non-hydrogen) atoms. The summed E-state index contributed by atoms with van der Waals surface area (Å²) in [5, 5.41) is 2.63. The number of para-hydroxylation sites is 2. The maximum atomic E-state index is 12.7. The Hall–Kier alpha value is -3.04. The molecule has 3 aromatic rings. The number of amides is 1. The van der Waals surface area contributed by atoms with Gasteiger partial charge in [-0.2, -0.15) is 0 Å². The lowest BCUT2D eigenvalue weighted by Crippen LogP contribution is -2.20. The lowest BCUT2D eigenvalue weighted by Gasteiger charge is -2.13. The lowest BCUT2D eigenvalue weighted by atomic mass is 10.3. The third-order valence-electron chi connectivity index (χ3n) is 3.96. The number of nitrogens with one attached hydrogen (secondary N) is 2. The highest BCUT2D eigenvalue weighted by molar-refractivity contribution is 9.10. The van der Waals surface area contributed by atoms with Gasteiger partial charge in [-0.3, -0.25) is 9.52 Å². The Balaban J connectivity index is 1.67. The van der Waals surface area contributed by atoms with Gasteiger partial charge in [-0.25, -0.2) is 8.42 Å². The van der Waals surface area contributed by atoms with Crippen LogP contribution in [0.1, 0.15) is 0 Å². The van der Waals surface area contributed by atoms with E-state index in [9.17, 15) is 13.2 Å². The molecule has 2 N–H and O–H groups in total. The number of rotatable bonds is 8. The van der Waals surface area contributed by atoms with Crippen LogP contribution in [0.2, 0.25) is 0 Å². The molecule has 0 aliphatic heterocycles. The second-order valence-electron chi connectivity index (χ2n) is 6.12. The second-order valence-corrected chi connectivity index (χ2v) is 8.72. The fourth-order valence-electron chi connectivity index (χ4n) is 2.55. The molecule has 3 rings (SSSR count). The van der Waals surface area contributed by atoms with Gasteiger partial charge in [0.2, 0.25) is 0 Å². The first-order valence-electron chi connectivity index (χ1n) is 8.81. The van der Waals surface area contributed by atoms with Crippen molar-refractivity contribution in [1.82, 2.24) is 0 Å². The van der Waals surface area contributed by atoms with Gasteiger partial charge < -0.3 is 14.8 Å². The van der Waals surface area contributed by atoms with Gasteiger partial charge >= 0.3 is 0 Å². The summed E-state index contributed by atoms with van der Waals surface area (Å²) in [5.41, 5.74) is 0.652. The molecule has 0 fully saturated rings. The average molecular weight is 491 g/mol. The van der Waals surface area contributed by atoms with Gasteiger partial charge in [0, 0.05) is 10.2 Å². The van der Waals surface area contributed by atoms with Crippen LogP contribution in [0.5, 0.6) is 11.5 Å². The number of hydrogen-bond acceptors (Lipinski definition) is 5. The molecular weight excluding hydrogens is 472 g/mol. The normalized spacial score (nSPS) is 10.9. The summed E-state index contributed by atoms with van der Waals surface area (Å²) in [4.78, 5) is 12.2. The molecule has 9 heteroatoms. The molecule has 0 aromatic heterocycles. The average Bonchev–Trinajstić information content (AvgIpc) is 2.74. The first-order chi connectivity index (χ1) is 14.4. The second kappa shape index (κ2) is 9.64. The SMILES string of the molecule is COc1ccccc1NS(=O)(=O)c1cccc(NC(=O)COc2ccc(Br)cc2)c1. The van der Waals surface area contributed by atoms with E-state index in [1.165, 1.54) is 19.2 Å². The maximum absolute atomic E-state index is 12.7. The van der Waals surface area contributed by atoms with Crippen molar-refractivity contribution in [2.24, 2.45) is 0 Å². The van der Waals surface area contributed by atoms with E-state index in [-0.39, 0.29) is 11.5 Å². The molecule has 0 aliphatic rings. The summed E-state index contributed by atoms with van der Waals surface area (Å²) < 4.78 is 39.5. The van der Waals surface area contributed by atoms with Gasteiger partial charge in [-0.05, 0) is 54.6 Å². The van der Waals surface area contributed by atoms with Crippen LogP contribution in [0.4, 0.5) is 11.4 Å². The fraction of sp³-hybridized carbons (Fsp3) is 0.0952. The molecule has 0 atom stereocenters. The summed E-state index contributed by atoms with van der Waals surface area (Å²) in [6, 6.07) is 19.7. The van der Waals surface area contributed by atoms with E-state index in [0.29, 0.717) is 22.9 Å². The number of halogens is 1. The number of ether oxygens (including phenoxy) is 2. The minimum atomic E-state index is -3.88. The smallest absolute Gasteiger partial charge is 0.262 e. The summed E-state index contributed by atoms with van der Waals surface area (Å²) in [6.45, 7) is -0.210. The van der Waals surface area contributed by atoms with Crippen LogP contribution in [0.3, 0.4) is 0 Å². The predicted molar refractivity (Wildman–Crippen MR) is 119 cm³/mol. The van der Waals surface area contributed by atoms with E-state index in [1.807, 2.05) is 0 Å². The maximum Gasteiger partial charge on any atom is 0.262 e. The molecular formula is C21H19BrN2O5S. The molecule has 3 aromatic carbocycles. The zero-order valence-electron chi connectivity index (χ0n) is 16.0. The van der Waals surface area contributed by atoms with E-state index in [2.05, 4.69) is 26.0 Å². The van der Waals surface area contributed by atoms with Crippen LogP contribution in [0.25, 0.3) is 0 Å². The molecule has 0 spiro atoms. The predicted octanol–water partition coefficient (Wildman–Crippen LogP) is 4.28. The lowest BCUT2D eigenvalue weighted by molar-refractivity contribution is -0.118. The molecule has 0 saturated heterocycles. The van der Waals surface area contributed by atoms with Gasteiger partial charge in [-0.15, -0.1) is 0 Å². The standard InChI is InChI=1S/C21H19BrN2O5S/c1-28-20-8-3-2-7-19(20)24-30(26,27)18-6-4-5-16(13-18)23-21(25)14-29-17-11-9-15(22)10-12-17/h2-13,24H,14H2,1H3,(H,23,25). The Morgan fingerprint density at radius 3 is 2.47 bits per heavy atom. The third kappa shape index (κ3) is 5.74. The molecule has 0 saturated carbocycles. The number of sulfonamides is 1. The number of benzene rings is 3. The van der Waals surface area contributed by atoms with Crippen molar-refractivity contribution in [3.05, 3.63) is 77.3 Å². The van der Waals surface area contributed by atoms with Crippen LogP contribution in [-0.2, 0) is 14.8 Å². The van der Waals surface area contributed by atoms with Crippen LogP contribution in [0.15, 0.2) is 82.2 Å². The van der Waals surface area contributed by atoms with Crippen LogP contribution >= 0.6 is 15.9 Å². The van der Waals surface area contributed by atoms with Crippen molar-refractivity contribution in [3.63, 3.8) is 0 Å². The van der Waals surface area contributed by atoms with Crippen LogP contribution < -0.4 is 19.5 Å². The molecule has 1 amide bonds. The minimum Gasteiger partial charge on any atom is -0.495 e. The number of carbonyl (C=O) groups excluding carboxylic acids is 1. The molecule has 0 bridgehead atoms. The highest BCUT2D eigenvalue weighted by Gasteiger charge is 2.17. The summed E-state index contributed by atoms with van der Waals surface area (Å²) >= 11 is 3.33. The zero-order chi connectivity index (χ0) is 21.6. The Morgan fingerprint density at radius 1 is 1.00 bits per heavy atom. The zero-order valence-corrected chi connectivity index (χ0v) is 18.4. The quantitative estimate of drug-likeness (QED) is 0.491. The van der Waals surface area contributed by atoms with E-state index < -0.39 is 15.9 Å². The van der Waals surface area contributed by atoms with Gasteiger partial charge in [0.1, 0.15) is 11.5 Å². The molecule has 0 unspecified atom stereocenters. The number of hydrogen-bond donors (Lipinski definition) is 2. The first kappa shape index (κ1) is 21.7. The van der Waals surface area contributed by atoms with Gasteiger partial charge in [-0.1, -0.05) is 34.1 Å². The van der Waals surface area contributed by atoms with Crippen LogP contribution in [0, 0.1) is 0 Å². The molecule has 156 valence electrons. The molecule has 0 aliphatic carbocycles. The van der Waals surface area contributed by atoms with Crippen LogP contribution in [-0.4, -0.2) is 28.0 Å². The van der Waals surface area contributed by atoms with E-state index in [4.69, 9.17) is 9.47 Å². The highest BCUT2D eigenvalue weighted by atomic mass is 79.9. The van der Waals surface area contributed by atoms with Gasteiger partial charge in [0.25, 0.3) is 15.9 Å². The van der Waals surface area contributed by atoms with Gasteiger partial charge in [0.05, 0.1) is 17.7 Å². The van der Waals surface area contributed by atoms with E-state index in [1.54, 1.807) is 60.7 Å². The largest absolute Gasteiger partial charge is 0.495 e. The topological polar surface area (TPSA) is 93.7 Å². The summed E-state index contributed by atoms with van der Waals surface area (Å²) in [7, 11) is -2.42. The van der Waals surface area contributed by atoms with Crippen molar-refractivity contribution in [2.75, 3.05) is 23.8 Å². The fourth-order valence-corrected chi connectivity index (χ4v) is 3.93. The van der Waals surface area contributed by atoms with Crippen molar-refractivity contribution in [2.45, 2.75) is 4.90 Å². The number of methoxy groups -OCH3 is 1. The monoisotopic (exact) mass is 490 g/mol. The molecule has 7 nitrogen and oxygen atoms in total. The van der Waals surface area contributed by atoms with Crippen molar-refractivity contribution in [3.8, 4) is 11.5 Å². The minimum absolute atomic E-state index is 0.0000315. The van der Waals surface area contributed by atoms with Crippen molar-refractivity contribution in [1.29, 1.82) is 0 Å². The van der Waals surface area contributed by atoms with Gasteiger partial charge in [0.15, 0.2) is 6.61 Å². The summed E-state index contributed by atoms with van der Waals surface area (Å²) in [5.74, 6) is 0.534. The molecule has 0 heterocycles. The number of anilines is 2. The first-order valence-corrected chi connectivity index (χ1v) is 11.1. The van der Waals surface area contributed by atoms with Crippen molar-refractivity contribution < 1.29 is 22.7 Å². The third-order valence-corrected chi connectivity index (χ3v) is 5.85. The van der Waals surface area contributed by atoms with E-state index >= 15 is 0 Å². The van der Waals surface area contributed by atoms with E-state index in [0.717, 1.165) is 4.47 Å². The Kier molecular flexibility index (Phi) is 6.96. The Morgan fingerprint density at radius 2 is 1.73 bits per heavy atom. The Labute approximate surface area is 183 Å². The Bertz CT molecular complexity index is 1130. The summed E-state index contributed by atoms with van der Waals surface area (Å²) in [6.07, 6.45) is 0. The molecule has 0 radical (unpaired) electrons.